The topological polar surface area (TPSA) is 67.4 Å². The number of hydrogen-bond donors (Lipinski definition) is 2. The van der Waals surface area contributed by atoms with Crippen LogP contribution in [0, 0.1) is 0 Å². The normalized spacial score (nSPS) is 11.6. The highest BCUT2D eigenvalue weighted by Gasteiger charge is 2.18. The molecule has 2 N–H and O–H groups in total. The highest BCUT2D eigenvalue weighted by Crippen LogP contribution is 2.24. The van der Waals surface area contributed by atoms with Gasteiger partial charge in [-0.15, -0.1) is 0 Å². The largest absolute Gasteiger partial charge is 0.467 e. The first-order valence-electron chi connectivity index (χ1n) is 5.89. The van der Waals surface area contributed by atoms with Crippen molar-refractivity contribution in [3.8, 4) is 0 Å². The average molecular weight is 285 g/mol. The zero-order chi connectivity index (χ0) is 14.4. The molecule has 0 radical (unpaired) electrons. The predicted octanol–water partition coefficient (Wildman–Crippen LogP) is 2.06. The minimum absolute atomic E-state index is 0.217. The number of hydrogen-bond acceptors (Lipinski definition) is 4. The van der Waals surface area contributed by atoms with Crippen LogP contribution in [-0.4, -0.2) is 32.1 Å². The third-order valence-corrected chi connectivity index (χ3v) is 3.01. The lowest BCUT2D eigenvalue weighted by Gasteiger charge is -2.17. The van der Waals surface area contributed by atoms with Crippen molar-refractivity contribution in [3.05, 3.63) is 28.8 Å². The van der Waals surface area contributed by atoms with Crippen molar-refractivity contribution in [2.45, 2.75) is 19.4 Å². The molecule has 0 spiro atoms. The molecule has 104 valence electrons. The molecule has 1 aromatic carbocycles. The molecule has 0 heterocycles. The fraction of sp³-hybridized carbons (Fsp3) is 0.385. The van der Waals surface area contributed by atoms with E-state index in [2.05, 4.69) is 10.6 Å². The van der Waals surface area contributed by atoms with Gasteiger partial charge in [0.15, 0.2) is 0 Å². The zero-order valence-electron chi connectivity index (χ0n) is 11.1. The highest BCUT2D eigenvalue weighted by atomic mass is 35.5. The van der Waals surface area contributed by atoms with E-state index < -0.39 is 6.04 Å². The molecule has 0 aromatic heterocycles. The third kappa shape index (κ3) is 3.86. The summed E-state index contributed by atoms with van der Waals surface area (Å²) < 4.78 is 4.69. The number of benzene rings is 1. The number of carbonyl (C=O) groups is 2. The van der Waals surface area contributed by atoms with Crippen molar-refractivity contribution in [2.75, 3.05) is 19.5 Å². The molecule has 6 heteroatoms. The van der Waals surface area contributed by atoms with E-state index >= 15 is 0 Å². The van der Waals surface area contributed by atoms with Gasteiger partial charge < -0.3 is 15.4 Å². The van der Waals surface area contributed by atoms with Gasteiger partial charge in [-0.05, 0) is 24.6 Å². The maximum absolute atomic E-state index is 11.5. The van der Waals surface area contributed by atoms with Gasteiger partial charge in [0.05, 0.1) is 17.8 Å². The van der Waals surface area contributed by atoms with E-state index in [1.54, 1.807) is 25.2 Å². The van der Waals surface area contributed by atoms with Crippen LogP contribution in [0.5, 0.6) is 0 Å². The Morgan fingerprint density at radius 3 is 2.63 bits per heavy atom. The van der Waals surface area contributed by atoms with Crippen molar-refractivity contribution >= 4 is 29.2 Å². The van der Waals surface area contributed by atoms with E-state index in [0.29, 0.717) is 22.7 Å². The van der Waals surface area contributed by atoms with E-state index in [1.807, 2.05) is 6.92 Å². The summed E-state index contributed by atoms with van der Waals surface area (Å²) in [5, 5.41) is 5.95. The minimum Gasteiger partial charge on any atom is -0.467 e. The molecule has 0 fully saturated rings. The Kier molecular flexibility index (Phi) is 5.63. The Bertz CT molecular complexity index is 477. The molecule has 1 rings (SSSR count). The summed E-state index contributed by atoms with van der Waals surface area (Å²) in [6.07, 6.45) is 0.549. The Balaban J connectivity index is 2.99. The number of amides is 1. The molecule has 5 nitrogen and oxygen atoms in total. The van der Waals surface area contributed by atoms with E-state index in [4.69, 9.17) is 16.3 Å². The lowest BCUT2D eigenvalue weighted by atomic mass is 10.1. The van der Waals surface area contributed by atoms with Crippen molar-refractivity contribution in [1.29, 1.82) is 0 Å². The number of ether oxygens (including phenoxy) is 1. The quantitative estimate of drug-likeness (QED) is 0.812. The molecule has 0 aliphatic rings. The first-order valence-corrected chi connectivity index (χ1v) is 6.27. The molecule has 1 atom stereocenters. The van der Waals surface area contributed by atoms with Crippen LogP contribution in [-0.2, 0) is 9.53 Å². The van der Waals surface area contributed by atoms with Crippen LogP contribution in [0.4, 0.5) is 5.69 Å². The Morgan fingerprint density at radius 2 is 2.11 bits per heavy atom. The van der Waals surface area contributed by atoms with Crippen LogP contribution in [0.25, 0.3) is 0 Å². The number of nitrogens with one attached hydrogen (secondary N) is 2. The van der Waals surface area contributed by atoms with Crippen LogP contribution in [0.15, 0.2) is 18.2 Å². The standard InChI is InChI=1S/C13H17ClN2O3/c1-4-10(13(18)19-3)16-11-7-8(12(17)15-2)5-6-9(11)14/h5-7,10,16H,4H2,1-3H3,(H,15,17). The number of anilines is 1. The molecule has 0 aliphatic carbocycles. The molecular formula is C13H17ClN2O3. The van der Waals surface area contributed by atoms with Crippen molar-refractivity contribution < 1.29 is 14.3 Å². The Hall–Kier alpha value is -1.75. The van der Waals surface area contributed by atoms with Crippen molar-refractivity contribution in [3.63, 3.8) is 0 Å². The second-order valence-electron chi connectivity index (χ2n) is 3.90. The average Bonchev–Trinajstić information content (AvgIpc) is 2.44. The van der Waals surface area contributed by atoms with Crippen LogP contribution < -0.4 is 10.6 Å². The van der Waals surface area contributed by atoms with Gasteiger partial charge in [0, 0.05) is 12.6 Å². The Labute approximate surface area is 117 Å². The lowest BCUT2D eigenvalue weighted by Crippen LogP contribution is -2.30. The summed E-state index contributed by atoms with van der Waals surface area (Å²) >= 11 is 6.05. The van der Waals surface area contributed by atoms with Crippen LogP contribution >= 0.6 is 11.6 Å². The first kappa shape index (κ1) is 15.3. The number of methoxy groups -OCH3 is 1. The lowest BCUT2D eigenvalue weighted by molar-refractivity contribution is -0.141. The second-order valence-corrected chi connectivity index (χ2v) is 4.31. The van der Waals surface area contributed by atoms with Crippen LogP contribution in [0.2, 0.25) is 5.02 Å². The van der Waals surface area contributed by atoms with Gasteiger partial charge in [-0.25, -0.2) is 4.79 Å². The van der Waals surface area contributed by atoms with E-state index in [0.717, 1.165) is 0 Å². The maximum Gasteiger partial charge on any atom is 0.328 e. The summed E-state index contributed by atoms with van der Waals surface area (Å²) in [7, 11) is 2.88. The minimum atomic E-state index is -0.498. The summed E-state index contributed by atoms with van der Waals surface area (Å²) in [6, 6.07) is 4.33. The monoisotopic (exact) mass is 284 g/mol. The van der Waals surface area contributed by atoms with Crippen molar-refractivity contribution in [2.24, 2.45) is 0 Å². The molecule has 1 amide bonds. The molecule has 19 heavy (non-hydrogen) atoms. The second kappa shape index (κ2) is 6.99. The van der Waals surface area contributed by atoms with Crippen LogP contribution in [0.1, 0.15) is 23.7 Å². The number of esters is 1. The summed E-state index contributed by atoms with van der Waals surface area (Å²) in [4.78, 5) is 23.1. The summed E-state index contributed by atoms with van der Waals surface area (Å²) in [5.74, 6) is -0.588. The maximum atomic E-state index is 11.5. The fourth-order valence-corrected chi connectivity index (χ4v) is 1.75. The van der Waals surface area contributed by atoms with Gasteiger partial charge in [0.1, 0.15) is 6.04 Å². The van der Waals surface area contributed by atoms with Gasteiger partial charge >= 0.3 is 5.97 Å². The first-order chi connectivity index (χ1) is 9.03. The fourth-order valence-electron chi connectivity index (χ4n) is 1.58. The zero-order valence-corrected chi connectivity index (χ0v) is 11.9. The smallest absolute Gasteiger partial charge is 0.328 e. The summed E-state index contributed by atoms with van der Waals surface area (Å²) in [6.45, 7) is 1.85. The molecule has 0 bridgehead atoms. The van der Waals surface area contributed by atoms with Crippen LogP contribution in [0.3, 0.4) is 0 Å². The van der Waals surface area contributed by atoms with E-state index in [9.17, 15) is 9.59 Å². The third-order valence-electron chi connectivity index (χ3n) is 2.68. The van der Waals surface area contributed by atoms with E-state index in [-0.39, 0.29) is 11.9 Å². The van der Waals surface area contributed by atoms with Gasteiger partial charge in [-0.2, -0.15) is 0 Å². The number of halogens is 1. The molecule has 0 aliphatic heterocycles. The van der Waals surface area contributed by atoms with Gasteiger partial charge in [-0.3, -0.25) is 4.79 Å². The highest BCUT2D eigenvalue weighted by molar-refractivity contribution is 6.33. The van der Waals surface area contributed by atoms with E-state index in [1.165, 1.54) is 7.11 Å². The molecule has 1 unspecified atom stereocenters. The number of carbonyl (C=O) groups excluding carboxylic acids is 2. The molecule has 0 saturated carbocycles. The molecule has 0 saturated heterocycles. The summed E-state index contributed by atoms with van der Waals surface area (Å²) in [5.41, 5.74) is 0.995. The SMILES string of the molecule is CCC(Nc1cc(C(=O)NC)ccc1Cl)C(=O)OC. The number of rotatable bonds is 5. The molecular weight excluding hydrogens is 268 g/mol. The van der Waals surface area contributed by atoms with Gasteiger partial charge in [0.25, 0.3) is 5.91 Å². The van der Waals surface area contributed by atoms with Gasteiger partial charge in [-0.1, -0.05) is 18.5 Å². The molecule has 1 aromatic rings. The predicted molar refractivity (Wildman–Crippen MR) is 74.6 cm³/mol. The van der Waals surface area contributed by atoms with Crippen molar-refractivity contribution in [1.82, 2.24) is 5.32 Å². The Morgan fingerprint density at radius 1 is 1.42 bits per heavy atom. The van der Waals surface area contributed by atoms with Gasteiger partial charge in [0.2, 0.25) is 0 Å².